The Morgan fingerprint density at radius 2 is 2.07 bits per heavy atom. The van der Waals surface area contributed by atoms with Gasteiger partial charge >= 0.3 is 6.36 Å². The summed E-state index contributed by atoms with van der Waals surface area (Å²) in [7, 11) is 0. The highest BCUT2D eigenvalue weighted by atomic mass is 79.9. The molecule has 0 spiro atoms. The molecular weight excluding hydrogens is 265 g/mol. The van der Waals surface area contributed by atoms with Crippen LogP contribution in [0.1, 0.15) is 5.56 Å². The lowest BCUT2D eigenvalue weighted by Crippen LogP contribution is -2.19. The molecule has 1 aromatic heterocycles. The van der Waals surface area contributed by atoms with Crippen LogP contribution in [0, 0.1) is 0 Å². The van der Waals surface area contributed by atoms with Crippen LogP contribution in [0.2, 0.25) is 0 Å². The fourth-order valence-electron chi connectivity index (χ4n) is 0.839. The summed E-state index contributed by atoms with van der Waals surface area (Å²) >= 11 is 2.90. The van der Waals surface area contributed by atoms with Gasteiger partial charge in [0.05, 0.1) is 4.47 Å². The van der Waals surface area contributed by atoms with Crippen LogP contribution < -0.4 is 10.5 Å². The predicted octanol–water partition coefficient (Wildman–Crippen LogP) is 2.20. The molecule has 0 bridgehead atoms. The van der Waals surface area contributed by atoms with Crippen molar-refractivity contribution in [1.29, 1.82) is 0 Å². The van der Waals surface area contributed by atoms with Gasteiger partial charge in [-0.05, 0) is 15.9 Å². The third-order valence-corrected chi connectivity index (χ3v) is 1.93. The number of pyridine rings is 1. The van der Waals surface area contributed by atoms with Crippen molar-refractivity contribution in [2.75, 3.05) is 0 Å². The molecule has 0 atom stereocenters. The van der Waals surface area contributed by atoms with Gasteiger partial charge in [-0.1, -0.05) is 0 Å². The lowest BCUT2D eigenvalue weighted by Gasteiger charge is -2.13. The summed E-state index contributed by atoms with van der Waals surface area (Å²) in [6.45, 7) is -0.0716. The van der Waals surface area contributed by atoms with Gasteiger partial charge in [0, 0.05) is 24.5 Å². The molecule has 0 amide bonds. The zero-order valence-electron chi connectivity index (χ0n) is 6.81. The van der Waals surface area contributed by atoms with E-state index in [-0.39, 0.29) is 22.3 Å². The van der Waals surface area contributed by atoms with E-state index in [9.17, 15) is 13.2 Å². The maximum Gasteiger partial charge on any atom is 0.573 e. The van der Waals surface area contributed by atoms with Crippen LogP contribution >= 0.6 is 15.9 Å². The van der Waals surface area contributed by atoms with E-state index in [1.54, 1.807) is 0 Å². The summed E-state index contributed by atoms with van der Waals surface area (Å²) in [5.74, 6) is -0.338. The minimum Gasteiger partial charge on any atom is -0.404 e. The highest BCUT2D eigenvalue weighted by Gasteiger charge is 2.33. The number of aromatic nitrogens is 1. The van der Waals surface area contributed by atoms with Gasteiger partial charge in [0.2, 0.25) is 0 Å². The molecule has 1 rings (SSSR count). The van der Waals surface area contributed by atoms with Crippen molar-refractivity contribution in [2.45, 2.75) is 12.9 Å². The molecule has 0 saturated heterocycles. The van der Waals surface area contributed by atoms with Crippen LogP contribution in [0.25, 0.3) is 0 Å². The van der Waals surface area contributed by atoms with Gasteiger partial charge in [0.25, 0.3) is 0 Å². The molecule has 0 aromatic carbocycles. The Kier molecular flexibility index (Phi) is 3.33. The maximum absolute atomic E-state index is 11.9. The van der Waals surface area contributed by atoms with Crippen molar-refractivity contribution in [3.8, 4) is 5.75 Å². The number of halogens is 4. The summed E-state index contributed by atoms with van der Waals surface area (Å²) in [5.41, 5.74) is 5.42. The molecule has 1 aromatic rings. The van der Waals surface area contributed by atoms with Crippen LogP contribution in [-0.4, -0.2) is 11.3 Å². The van der Waals surface area contributed by atoms with Gasteiger partial charge in [0.1, 0.15) is 0 Å². The zero-order valence-corrected chi connectivity index (χ0v) is 8.39. The summed E-state index contributed by atoms with van der Waals surface area (Å²) in [6, 6.07) is 0. The molecule has 0 aliphatic carbocycles. The molecule has 78 valence electrons. The third kappa shape index (κ3) is 2.85. The SMILES string of the molecule is NCc1cncc(Br)c1OC(F)(F)F. The fourth-order valence-corrected chi connectivity index (χ4v) is 1.29. The first-order valence-electron chi connectivity index (χ1n) is 3.52. The van der Waals surface area contributed by atoms with Gasteiger partial charge in [-0.3, -0.25) is 4.98 Å². The second-order valence-electron chi connectivity index (χ2n) is 2.36. The molecule has 7 heteroatoms. The topological polar surface area (TPSA) is 48.1 Å². The molecule has 0 unspecified atom stereocenters. The maximum atomic E-state index is 11.9. The quantitative estimate of drug-likeness (QED) is 0.897. The number of hydrogen-bond acceptors (Lipinski definition) is 3. The van der Waals surface area contributed by atoms with Crippen LogP contribution in [0.5, 0.6) is 5.75 Å². The molecular formula is C7H6BrF3N2O. The lowest BCUT2D eigenvalue weighted by molar-refractivity contribution is -0.275. The van der Waals surface area contributed by atoms with E-state index in [4.69, 9.17) is 5.73 Å². The van der Waals surface area contributed by atoms with Gasteiger partial charge in [0.15, 0.2) is 5.75 Å². The smallest absolute Gasteiger partial charge is 0.404 e. The minimum atomic E-state index is -4.73. The summed E-state index contributed by atoms with van der Waals surface area (Å²) in [5, 5.41) is 0. The van der Waals surface area contributed by atoms with Crippen LogP contribution in [0.15, 0.2) is 16.9 Å². The molecule has 0 radical (unpaired) electrons. The minimum absolute atomic E-state index is 0.0716. The van der Waals surface area contributed by atoms with Gasteiger partial charge in [-0.25, -0.2) is 0 Å². The van der Waals surface area contributed by atoms with Crippen molar-refractivity contribution in [3.05, 3.63) is 22.4 Å². The van der Waals surface area contributed by atoms with Crippen molar-refractivity contribution in [2.24, 2.45) is 5.73 Å². The number of ether oxygens (including phenoxy) is 1. The van der Waals surface area contributed by atoms with Crippen molar-refractivity contribution in [1.82, 2.24) is 4.98 Å². The van der Waals surface area contributed by atoms with E-state index >= 15 is 0 Å². The molecule has 1 heterocycles. The Hall–Kier alpha value is -0.820. The van der Waals surface area contributed by atoms with Gasteiger partial charge in [-0.2, -0.15) is 0 Å². The number of nitrogens with zero attached hydrogens (tertiary/aromatic N) is 1. The molecule has 0 aliphatic heterocycles. The monoisotopic (exact) mass is 270 g/mol. The number of rotatable bonds is 2. The fraction of sp³-hybridized carbons (Fsp3) is 0.286. The van der Waals surface area contributed by atoms with Crippen molar-refractivity contribution >= 4 is 15.9 Å². The Bertz CT molecular complexity index is 329. The summed E-state index contributed by atoms with van der Waals surface area (Å²) < 4.78 is 39.7. The predicted molar refractivity (Wildman–Crippen MR) is 46.5 cm³/mol. The molecule has 0 fully saturated rings. The van der Waals surface area contributed by atoms with E-state index in [1.165, 1.54) is 12.4 Å². The standard InChI is InChI=1S/C7H6BrF3N2O/c8-5-3-13-2-4(1-12)6(5)14-7(9,10)11/h2-3H,1,12H2. The summed E-state index contributed by atoms with van der Waals surface area (Å²) in [6.07, 6.45) is -2.29. The Morgan fingerprint density at radius 1 is 1.43 bits per heavy atom. The second-order valence-corrected chi connectivity index (χ2v) is 3.22. The molecule has 3 nitrogen and oxygen atoms in total. The van der Waals surface area contributed by atoms with E-state index in [2.05, 4.69) is 25.7 Å². The molecule has 2 N–H and O–H groups in total. The average molecular weight is 271 g/mol. The third-order valence-electron chi connectivity index (χ3n) is 1.36. The second kappa shape index (κ2) is 4.14. The Morgan fingerprint density at radius 3 is 2.57 bits per heavy atom. The van der Waals surface area contributed by atoms with E-state index in [1.807, 2.05) is 0 Å². The first-order valence-corrected chi connectivity index (χ1v) is 4.31. The molecule has 0 aliphatic rings. The van der Waals surface area contributed by atoms with Crippen molar-refractivity contribution in [3.63, 3.8) is 0 Å². The highest BCUT2D eigenvalue weighted by molar-refractivity contribution is 9.10. The van der Waals surface area contributed by atoms with Crippen LogP contribution in [0.3, 0.4) is 0 Å². The largest absolute Gasteiger partial charge is 0.573 e. The van der Waals surface area contributed by atoms with Crippen molar-refractivity contribution < 1.29 is 17.9 Å². The average Bonchev–Trinajstić information content (AvgIpc) is 2.06. The van der Waals surface area contributed by atoms with E-state index in [0.717, 1.165) is 0 Å². The van der Waals surface area contributed by atoms with Gasteiger partial charge < -0.3 is 10.5 Å². The Balaban J connectivity index is 3.05. The highest BCUT2D eigenvalue weighted by Crippen LogP contribution is 2.32. The van der Waals surface area contributed by atoms with Crippen LogP contribution in [0.4, 0.5) is 13.2 Å². The number of alkyl halides is 3. The molecule has 14 heavy (non-hydrogen) atoms. The Labute approximate surface area is 86.2 Å². The normalized spacial score (nSPS) is 11.5. The lowest BCUT2D eigenvalue weighted by atomic mass is 10.2. The summed E-state index contributed by atoms with van der Waals surface area (Å²) in [4.78, 5) is 3.67. The first-order chi connectivity index (χ1) is 6.44. The van der Waals surface area contributed by atoms with E-state index < -0.39 is 6.36 Å². The van der Waals surface area contributed by atoms with Crippen LogP contribution in [-0.2, 0) is 6.54 Å². The first kappa shape index (κ1) is 11.3. The molecule has 0 saturated carbocycles. The zero-order chi connectivity index (χ0) is 10.8. The number of hydrogen-bond donors (Lipinski definition) is 1. The van der Waals surface area contributed by atoms with E-state index in [0.29, 0.717) is 0 Å². The number of nitrogens with two attached hydrogens (primary N) is 1. The van der Waals surface area contributed by atoms with Gasteiger partial charge in [-0.15, -0.1) is 13.2 Å².